The van der Waals surface area contributed by atoms with E-state index >= 15 is 0 Å². The van der Waals surface area contributed by atoms with Crippen molar-refractivity contribution in [2.75, 3.05) is 6.54 Å². The fraction of sp³-hybridized carbons (Fsp3) is 0.520. The smallest absolute Gasteiger partial charge is 0.410 e. The van der Waals surface area contributed by atoms with Crippen LogP contribution < -0.4 is 5.56 Å². The molecule has 1 fully saturated rings. The van der Waals surface area contributed by atoms with E-state index in [1.165, 1.54) is 24.0 Å². The van der Waals surface area contributed by atoms with Crippen molar-refractivity contribution in [1.82, 2.24) is 14.5 Å². The van der Waals surface area contributed by atoms with E-state index in [0.717, 1.165) is 4.57 Å². The maximum Gasteiger partial charge on any atom is 0.410 e. The molecule has 1 aliphatic heterocycles. The summed E-state index contributed by atoms with van der Waals surface area (Å²) in [7, 11) is 0. The van der Waals surface area contributed by atoms with Crippen molar-refractivity contribution in [2.45, 2.75) is 76.7 Å². The number of amides is 1. The van der Waals surface area contributed by atoms with E-state index in [0.29, 0.717) is 5.69 Å². The Bertz CT molecular complexity index is 1270. The number of fused-ring (bicyclic) bond motifs is 1. The van der Waals surface area contributed by atoms with Crippen molar-refractivity contribution >= 4 is 12.1 Å². The summed E-state index contributed by atoms with van der Waals surface area (Å²) in [6.07, 6.45) is -4.08. The number of hydrogen-bond donors (Lipinski definition) is 0. The highest BCUT2D eigenvalue weighted by molar-refractivity contribution is 5.78. The largest absolute Gasteiger partial charge is 0.454 e. The van der Waals surface area contributed by atoms with Crippen LogP contribution in [0, 0.1) is 6.92 Å². The Morgan fingerprint density at radius 3 is 2.35 bits per heavy atom. The molecule has 37 heavy (non-hydrogen) atoms. The predicted octanol–water partition coefficient (Wildman–Crippen LogP) is 4.02. The van der Waals surface area contributed by atoms with Crippen LogP contribution in [-0.4, -0.2) is 56.6 Å². The number of carbonyl (C=O) groups is 2. The van der Waals surface area contributed by atoms with Gasteiger partial charge in [0, 0.05) is 12.1 Å². The minimum absolute atomic E-state index is 0.00496. The zero-order valence-corrected chi connectivity index (χ0v) is 20.8. The normalized spacial score (nSPS) is 20.9. The molecule has 2 atom stereocenters. The first kappa shape index (κ1) is 26.6. The third-order valence-electron chi connectivity index (χ3n) is 6.28. The third-order valence-corrected chi connectivity index (χ3v) is 6.28. The Morgan fingerprint density at radius 1 is 1.14 bits per heavy atom. The topological polar surface area (TPSA) is 90.7 Å². The first-order valence-electron chi connectivity index (χ1n) is 11.7. The highest BCUT2D eigenvalue weighted by Crippen LogP contribution is 2.52. The predicted molar refractivity (Wildman–Crippen MR) is 123 cm³/mol. The summed E-state index contributed by atoms with van der Waals surface area (Å²) in [5.74, 6) is -10.0. The molecule has 0 N–H and O–H groups in total. The maximum absolute atomic E-state index is 13.8. The molecule has 1 aromatic heterocycles. The van der Waals surface area contributed by atoms with Gasteiger partial charge in [-0.05, 0) is 39.7 Å². The Morgan fingerprint density at radius 2 is 1.78 bits per heavy atom. The molecule has 1 amide bonds. The molecule has 0 saturated heterocycles. The Labute approximate surface area is 210 Å². The molecule has 2 aliphatic rings. The van der Waals surface area contributed by atoms with Gasteiger partial charge in [-0.15, -0.1) is 0 Å². The van der Waals surface area contributed by atoms with Crippen molar-refractivity contribution in [3.05, 3.63) is 63.3 Å². The minimum Gasteiger partial charge on any atom is -0.454 e. The monoisotopic (exact) mass is 525 g/mol. The lowest BCUT2D eigenvalue weighted by Crippen LogP contribution is -2.64. The molecule has 2 aromatic rings. The van der Waals surface area contributed by atoms with Crippen LogP contribution in [0.4, 0.5) is 22.4 Å². The van der Waals surface area contributed by atoms with Gasteiger partial charge in [-0.25, -0.2) is 14.6 Å². The van der Waals surface area contributed by atoms with Crippen LogP contribution in [0.5, 0.6) is 0 Å². The van der Waals surface area contributed by atoms with Crippen LogP contribution >= 0.6 is 0 Å². The molecule has 12 heteroatoms. The molecule has 2 unspecified atom stereocenters. The Hall–Kier alpha value is -3.44. The lowest BCUT2D eigenvalue weighted by atomic mass is 9.85. The first-order chi connectivity index (χ1) is 17.1. The number of aryl methyl sites for hydroxylation is 1. The SMILES string of the molecule is Cc1nc2c(c(=O)n1C(C(=O)OC1CC(F)(F)C1(F)F)c1ccccc1)CCN(C(=O)OC(C)(C)C)C2. The second-order valence-corrected chi connectivity index (χ2v) is 10.2. The molecular weight excluding hydrogens is 498 g/mol. The fourth-order valence-electron chi connectivity index (χ4n) is 4.36. The van der Waals surface area contributed by atoms with Gasteiger partial charge in [-0.3, -0.25) is 9.36 Å². The molecular formula is C25H27F4N3O5. The van der Waals surface area contributed by atoms with Crippen LogP contribution in [-0.2, 0) is 27.2 Å². The molecule has 0 bridgehead atoms. The van der Waals surface area contributed by atoms with E-state index in [1.54, 1.807) is 39.0 Å². The summed E-state index contributed by atoms with van der Waals surface area (Å²) in [6.45, 7) is 6.80. The molecule has 2 heterocycles. The molecule has 1 aliphatic carbocycles. The molecule has 4 rings (SSSR count). The van der Waals surface area contributed by atoms with Gasteiger partial charge in [-0.1, -0.05) is 30.3 Å². The summed E-state index contributed by atoms with van der Waals surface area (Å²) in [6, 6.07) is 6.27. The average Bonchev–Trinajstić information content (AvgIpc) is 2.80. The van der Waals surface area contributed by atoms with Gasteiger partial charge in [-0.2, -0.15) is 17.6 Å². The number of ether oxygens (including phenoxy) is 2. The number of halogens is 4. The summed E-state index contributed by atoms with van der Waals surface area (Å²) in [5, 5.41) is 0. The van der Waals surface area contributed by atoms with Gasteiger partial charge in [0.2, 0.25) is 0 Å². The molecule has 8 nitrogen and oxygen atoms in total. The van der Waals surface area contributed by atoms with Crippen LogP contribution in [0.2, 0.25) is 0 Å². The van der Waals surface area contributed by atoms with E-state index in [2.05, 4.69) is 4.98 Å². The van der Waals surface area contributed by atoms with Gasteiger partial charge in [0.25, 0.3) is 5.56 Å². The standard InChI is InChI=1S/C25H27F4N3O5/c1-14-30-17-13-31(22(35)37-23(2,3)4)11-10-16(17)20(33)32(14)19(15-8-6-5-7-9-15)21(34)36-18-12-24(26,27)25(18,28)29/h5-9,18-19H,10-13H2,1-4H3. The van der Waals surface area contributed by atoms with Crippen LogP contribution in [0.1, 0.15) is 55.9 Å². The second kappa shape index (κ2) is 9.14. The first-order valence-corrected chi connectivity index (χ1v) is 11.7. The van der Waals surface area contributed by atoms with Crippen molar-refractivity contribution in [2.24, 2.45) is 0 Å². The number of hydrogen-bond acceptors (Lipinski definition) is 6. The quantitative estimate of drug-likeness (QED) is 0.443. The Balaban J connectivity index is 1.68. The molecule has 200 valence electrons. The number of esters is 1. The zero-order valence-electron chi connectivity index (χ0n) is 20.8. The van der Waals surface area contributed by atoms with Crippen molar-refractivity contribution in [3.63, 3.8) is 0 Å². The summed E-state index contributed by atoms with van der Waals surface area (Å²) >= 11 is 0. The van der Waals surface area contributed by atoms with Gasteiger partial charge in [0.1, 0.15) is 11.4 Å². The third kappa shape index (κ3) is 4.93. The van der Waals surface area contributed by atoms with Crippen molar-refractivity contribution in [3.8, 4) is 0 Å². The average molecular weight is 525 g/mol. The van der Waals surface area contributed by atoms with E-state index in [-0.39, 0.29) is 36.5 Å². The van der Waals surface area contributed by atoms with Crippen LogP contribution in [0.3, 0.4) is 0 Å². The molecule has 1 aromatic carbocycles. The summed E-state index contributed by atoms with van der Waals surface area (Å²) in [5.41, 5.74) is -0.516. The van der Waals surface area contributed by atoms with Crippen molar-refractivity contribution in [1.29, 1.82) is 0 Å². The molecule has 0 radical (unpaired) electrons. The van der Waals surface area contributed by atoms with E-state index in [9.17, 15) is 31.9 Å². The Kier molecular flexibility index (Phi) is 6.58. The van der Waals surface area contributed by atoms with Gasteiger partial charge >= 0.3 is 23.9 Å². The zero-order chi connectivity index (χ0) is 27.3. The van der Waals surface area contributed by atoms with E-state index in [4.69, 9.17) is 9.47 Å². The number of benzene rings is 1. The maximum atomic E-state index is 13.8. The van der Waals surface area contributed by atoms with Gasteiger partial charge < -0.3 is 14.4 Å². The number of rotatable bonds is 4. The summed E-state index contributed by atoms with van der Waals surface area (Å²) in [4.78, 5) is 45.0. The van der Waals surface area contributed by atoms with Crippen LogP contribution in [0.15, 0.2) is 35.1 Å². The highest BCUT2D eigenvalue weighted by Gasteiger charge is 2.74. The van der Waals surface area contributed by atoms with Crippen LogP contribution in [0.25, 0.3) is 0 Å². The van der Waals surface area contributed by atoms with E-state index in [1.807, 2.05) is 0 Å². The highest BCUT2D eigenvalue weighted by atomic mass is 19.3. The number of alkyl halides is 4. The van der Waals surface area contributed by atoms with Gasteiger partial charge in [0.15, 0.2) is 12.1 Å². The lowest BCUT2D eigenvalue weighted by molar-refractivity contribution is -0.333. The van der Waals surface area contributed by atoms with Crippen molar-refractivity contribution < 1.29 is 36.6 Å². The summed E-state index contributed by atoms with van der Waals surface area (Å²) < 4.78 is 65.6. The molecule has 0 spiro atoms. The van der Waals surface area contributed by atoms with E-state index < -0.39 is 53.6 Å². The lowest BCUT2D eigenvalue weighted by Gasteiger charge is -2.43. The second-order valence-electron chi connectivity index (χ2n) is 10.2. The number of carbonyl (C=O) groups excluding carboxylic acids is 2. The number of nitrogens with zero attached hydrogens (tertiary/aromatic N) is 3. The number of aromatic nitrogens is 2. The minimum atomic E-state index is -4.51. The fourth-order valence-corrected chi connectivity index (χ4v) is 4.36. The molecule has 1 saturated carbocycles. The van der Waals surface area contributed by atoms with Gasteiger partial charge in [0.05, 0.1) is 18.7 Å².